The number of ether oxygens (including phenoxy) is 1. The number of amides is 1. The summed E-state index contributed by atoms with van der Waals surface area (Å²) in [5.41, 5.74) is 0. The van der Waals surface area contributed by atoms with Crippen molar-refractivity contribution in [3.63, 3.8) is 0 Å². The van der Waals surface area contributed by atoms with Gasteiger partial charge in [-0.2, -0.15) is 0 Å². The summed E-state index contributed by atoms with van der Waals surface area (Å²) in [6.07, 6.45) is 5.31. The number of nitrogens with zero attached hydrogens (tertiary/aromatic N) is 3. The molecule has 7 nitrogen and oxygen atoms in total. The van der Waals surface area contributed by atoms with Crippen LogP contribution in [0.15, 0.2) is 33.9 Å². The lowest BCUT2D eigenvalue weighted by Gasteiger charge is -2.28. The number of hydrogen-bond donors (Lipinski definition) is 2. The fraction of sp³-hybridized carbons (Fsp3) is 0.550. The Labute approximate surface area is 183 Å². The van der Waals surface area contributed by atoms with Gasteiger partial charge in [-0.3, -0.25) is 4.79 Å². The second-order valence-corrected chi connectivity index (χ2v) is 9.86. The number of nitrogen functional groups attached to an aromatic ring is 1. The fourth-order valence-corrected chi connectivity index (χ4v) is 5.71. The number of rotatable bonds is 8. The number of carbonyl (C=O) groups excluding carboxylic acids is 1. The van der Waals surface area contributed by atoms with Gasteiger partial charge in [-0.15, -0.1) is 10.2 Å². The number of hydrogen-bond acceptors (Lipinski definition) is 6. The van der Waals surface area contributed by atoms with Gasteiger partial charge >= 0.3 is 0 Å². The number of benzene rings is 1. The predicted molar refractivity (Wildman–Crippen MR) is 116 cm³/mol. The minimum Gasteiger partial charge on any atom is -0.485 e. The van der Waals surface area contributed by atoms with Crippen LogP contribution >= 0.6 is 27.7 Å². The average Bonchev–Trinajstić information content (AvgIpc) is 3.41. The maximum absolute atomic E-state index is 12.4. The smallest absolute Gasteiger partial charge is 0.230 e. The third-order valence-electron chi connectivity index (χ3n) is 6.06. The molecular weight excluding hydrogens is 454 g/mol. The van der Waals surface area contributed by atoms with E-state index < -0.39 is 0 Å². The normalized spacial score (nSPS) is 23.9. The van der Waals surface area contributed by atoms with Crippen LogP contribution in [-0.4, -0.2) is 32.6 Å². The summed E-state index contributed by atoms with van der Waals surface area (Å²) in [6, 6.07) is 7.78. The van der Waals surface area contributed by atoms with E-state index in [2.05, 4.69) is 38.4 Å². The number of thioether (sulfide) groups is 1. The van der Waals surface area contributed by atoms with Crippen LogP contribution in [-0.2, 0) is 11.4 Å². The van der Waals surface area contributed by atoms with Crippen LogP contribution in [0.2, 0.25) is 0 Å². The van der Waals surface area contributed by atoms with Crippen molar-refractivity contribution < 1.29 is 9.53 Å². The number of aromatic nitrogens is 3. The molecule has 2 saturated carbocycles. The van der Waals surface area contributed by atoms with E-state index in [9.17, 15) is 4.79 Å². The van der Waals surface area contributed by atoms with Crippen molar-refractivity contribution in [2.24, 2.45) is 17.8 Å². The van der Waals surface area contributed by atoms with E-state index in [1.54, 1.807) is 0 Å². The Morgan fingerprint density at radius 3 is 3.00 bits per heavy atom. The van der Waals surface area contributed by atoms with E-state index in [1.807, 2.05) is 24.3 Å². The van der Waals surface area contributed by atoms with Crippen LogP contribution in [0, 0.1) is 17.8 Å². The topological polar surface area (TPSA) is 95.1 Å². The zero-order chi connectivity index (χ0) is 20.4. The molecule has 2 fully saturated rings. The summed E-state index contributed by atoms with van der Waals surface area (Å²) in [6.45, 7) is 2.34. The highest BCUT2D eigenvalue weighted by atomic mass is 79.9. The largest absolute Gasteiger partial charge is 0.485 e. The van der Waals surface area contributed by atoms with Crippen molar-refractivity contribution >= 4 is 33.6 Å². The average molecular weight is 480 g/mol. The molecule has 2 bridgehead atoms. The first kappa shape index (κ1) is 20.5. The van der Waals surface area contributed by atoms with Gasteiger partial charge < -0.3 is 15.9 Å². The summed E-state index contributed by atoms with van der Waals surface area (Å²) in [4.78, 5) is 12.4. The first-order chi connectivity index (χ1) is 14.0. The highest BCUT2D eigenvalue weighted by Gasteiger charge is 2.42. The van der Waals surface area contributed by atoms with E-state index in [-0.39, 0.29) is 24.3 Å². The summed E-state index contributed by atoms with van der Waals surface area (Å²) >= 11 is 4.70. The van der Waals surface area contributed by atoms with E-state index in [4.69, 9.17) is 10.6 Å². The van der Waals surface area contributed by atoms with Crippen LogP contribution in [0.4, 0.5) is 0 Å². The van der Waals surface area contributed by atoms with Gasteiger partial charge in [0.2, 0.25) is 11.1 Å². The molecule has 29 heavy (non-hydrogen) atoms. The summed E-state index contributed by atoms with van der Waals surface area (Å²) in [7, 11) is 0. The molecule has 0 spiro atoms. The lowest BCUT2D eigenvalue weighted by Crippen LogP contribution is -2.41. The highest BCUT2D eigenvalue weighted by Crippen LogP contribution is 2.49. The van der Waals surface area contributed by atoms with Crippen molar-refractivity contribution in [2.75, 3.05) is 11.6 Å². The van der Waals surface area contributed by atoms with E-state index in [0.717, 1.165) is 16.3 Å². The zero-order valence-electron chi connectivity index (χ0n) is 16.4. The molecular formula is C20H26BrN5O2S. The molecule has 0 aliphatic heterocycles. The summed E-state index contributed by atoms with van der Waals surface area (Å²) in [5, 5.41) is 11.8. The SMILES string of the molecule is C[C@H](NC(=O)CSc1nnc(COc2cccc(Br)c2)n1N)[C@H]1C[C@H]2CC[C@H]1C2. The van der Waals surface area contributed by atoms with Crippen molar-refractivity contribution in [2.45, 2.75) is 50.4 Å². The van der Waals surface area contributed by atoms with E-state index in [0.29, 0.717) is 22.6 Å². The molecule has 2 aliphatic carbocycles. The van der Waals surface area contributed by atoms with Gasteiger partial charge in [0.25, 0.3) is 0 Å². The standard InChI is InChI=1S/C20H26BrN5O2S/c1-12(17-8-13-5-6-14(17)7-13)23-19(27)11-29-20-25-24-18(26(20)22)10-28-16-4-2-3-15(21)9-16/h2-4,9,12-14,17H,5-8,10-11,22H2,1H3,(H,23,27)/t12-,13-,14-,17+/m0/s1. The van der Waals surface area contributed by atoms with Gasteiger partial charge in [-0.1, -0.05) is 40.2 Å². The van der Waals surface area contributed by atoms with Gasteiger partial charge in [0.05, 0.1) is 5.75 Å². The molecule has 0 unspecified atom stereocenters. The lowest BCUT2D eigenvalue weighted by atomic mass is 9.84. The van der Waals surface area contributed by atoms with E-state index >= 15 is 0 Å². The van der Waals surface area contributed by atoms with Gasteiger partial charge in [0, 0.05) is 10.5 Å². The van der Waals surface area contributed by atoms with Gasteiger partial charge in [0.1, 0.15) is 12.4 Å². The van der Waals surface area contributed by atoms with Gasteiger partial charge in [0.15, 0.2) is 5.82 Å². The van der Waals surface area contributed by atoms with Gasteiger partial charge in [-0.05, 0) is 62.1 Å². The molecule has 4 rings (SSSR count). The van der Waals surface area contributed by atoms with Crippen molar-refractivity contribution in [1.82, 2.24) is 20.2 Å². The maximum atomic E-state index is 12.4. The third-order valence-corrected chi connectivity index (χ3v) is 7.49. The number of nitrogens with one attached hydrogen (secondary N) is 1. The molecule has 0 saturated heterocycles. The molecule has 4 atom stereocenters. The highest BCUT2D eigenvalue weighted by molar-refractivity contribution is 9.10. The molecule has 2 aliphatic rings. The fourth-order valence-electron chi connectivity index (χ4n) is 4.65. The second kappa shape index (κ2) is 8.95. The molecule has 1 aromatic carbocycles. The molecule has 2 aromatic rings. The Morgan fingerprint density at radius 2 is 2.28 bits per heavy atom. The molecule has 1 amide bonds. The van der Waals surface area contributed by atoms with Crippen LogP contribution in [0.3, 0.4) is 0 Å². The minimum absolute atomic E-state index is 0.0141. The molecule has 0 radical (unpaired) electrons. The van der Waals surface area contributed by atoms with Gasteiger partial charge in [-0.25, -0.2) is 4.68 Å². The number of carbonyl (C=O) groups is 1. The van der Waals surface area contributed by atoms with Crippen molar-refractivity contribution in [3.05, 3.63) is 34.6 Å². The van der Waals surface area contributed by atoms with Crippen molar-refractivity contribution in [1.29, 1.82) is 0 Å². The number of halogens is 1. The van der Waals surface area contributed by atoms with Crippen LogP contribution in [0.25, 0.3) is 0 Å². The van der Waals surface area contributed by atoms with Crippen LogP contribution in [0.5, 0.6) is 5.75 Å². The Balaban J connectivity index is 1.25. The quantitative estimate of drug-likeness (QED) is 0.445. The molecule has 156 valence electrons. The second-order valence-electron chi connectivity index (χ2n) is 8.00. The third kappa shape index (κ3) is 4.88. The van der Waals surface area contributed by atoms with E-state index in [1.165, 1.54) is 42.1 Å². The number of nitrogens with two attached hydrogens (primary N) is 1. The summed E-state index contributed by atoms with van der Waals surface area (Å²) < 4.78 is 8.02. The first-order valence-corrected chi connectivity index (χ1v) is 11.8. The Hall–Kier alpha value is -1.74. The summed E-state index contributed by atoms with van der Waals surface area (Å²) in [5.74, 6) is 9.88. The maximum Gasteiger partial charge on any atom is 0.230 e. The van der Waals surface area contributed by atoms with Crippen LogP contribution in [0.1, 0.15) is 38.4 Å². The Kier molecular flexibility index (Phi) is 6.34. The molecule has 9 heteroatoms. The lowest BCUT2D eigenvalue weighted by molar-refractivity contribution is -0.119. The van der Waals surface area contributed by atoms with Crippen LogP contribution < -0.4 is 15.9 Å². The molecule has 1 heterocycles. The number of fused-ring (bicyclic) bond motifs is 2. The minimum atomic E-state index is 0.0141. The Bertz CT molecular complexity index is 876. The first-order valence-electron chi connectivity index (χ1n) is 9.99. The van der Waals surface area contributed by atoms with Crippen molar-refractivity contribution in [3.8, 4) is 5.75 Å². The zero-order valence-corrected chi connectivity index (χ0v) is 18.8. The predicted octanol–water partition coefficient (Wildman–Crippen LogP) is 3.37. The molecule has 3 N–H and O–H groups in total. The Morgan fingerprint density at radius 1 is 1.41 bits per heavy atom. The molecule has 1 aromatic heterocycles. The monoisotopic (exact) mass is 479 g/mol.